The van der Waals surface area contributed by atoms with Crippen molar-refractivity contribution in [1.82, 2.24) is 0 Å². The second kappa shape index (κ2) is 10.3. The van der Waals surface area contributed by atoms with Gasteiger partial charge in [0.15, 0.2) is 0 Å². The zero-order valence-electron chi connectivity index (χ0n) is 17.2. The summed E-state index contributed by atoms with van der Waals surface area (Å²) in [7, 11) is 0. The Morgan fingerprint density at radius 3 is 2.73 bits per heavy atom. The summed E-state index contributed by atoms with van der Waals surface area (Å²) in [6, 6.07) is 0. The summed E-state index contributed by atoms with van der Waals surface area (Å²) >= 11 is 0. The van der Waals surface area contributed by atoms with Crippen molar-refractivity contribution in [3.05, 3.63) is 36.1 Å². The van der Waals surface area contributed by atoms with Crippen LogP contribution in [0, 0.1) is 11.8 Å². The molecule has 2 N–H and O–H groups in total. The quantitative estimate of drug-likeness (QED) is 0.412. The van der Waals surface area contributed by atoms with Crippen LogP contribution in [0.2, 0.25) is 0 Å². The number of hydrogen-bond donors (Lipinski definition) is 1. The second-order valence-corrected chi connectivity index (χ2v) is 8.46. The monoisotopic (exact) mass is 361 g/mol. The molecule has 0 amide bonds. The zero-order chi connectivity index (χ0) is 19.1. The first-order valence-electron chi connectivity index (χ1n) is 10.5. The van der Waals surface area contributed by atoms with Gasteiger partial charge in [-0.3, -0.25) is 0 Å². The standard InChI is InChI=1S/C23H39NO2/c1-6-7-11-21-22(26-21)14-16(2)9-8-10-17(3)23-18(4)12-13-20(25-23)15-19(5)24/h8-10,16,18,20-23H,5-7,11-15,24H2,1-4H3/b9-8+,17-10+/t16-,18+,20-,21-,22-,23-/m1/s1. The van der Waals surface area contributed by atoms with Crippen LogP contribution in [0.25, 0.3) is 0 Å². The highest BCUT2D eigenvalue weighted by Gasteiger charge is 2.38. The predicted molar refractivity (Wildman–Crippen MR) is 110 cm³/mol. The van der Waals surface area contributed by atoms with E-state index in [1.165, 1.54) is 31.3 Å². The first-order valence-corrected chi connectivity index (χ1v) is 10.5. The summed E-state index contributed by atoms with van der Waals surface area (Å²) in [5.74, 6) is 1.10. The molecular weight excluding hydrogens is 322 g/mol. The van der Waals surface area contributed by atoms with E-state index in [1.54, 1.807) is 0 Å². The van der Waals surface area contributed by atoms with Gasteiger partial charge in [-0.25, -0.2) is 0 Å². The lowest BCUT2D eigenvalue weighted by Gasteiger charge is -2.35. The molecule has 0 radical (unpaired) electrons. The Morgan fingerprint density at radius 1 is 1.27 bits per heavy atom. The number of epoxide rings is 1. The van der Waals surface area contributed by atoms with E-state index in [1.807, 2.05) is 0 Å². The lowest BCUT2D eigenvalue weighted by Crippen LogP contribution is -2.35. The van der Waals surface area contributed by atoms with Crippen molar-refractivity contribution in [3.8, 4) is 0 Å². The third-order valence-electron chi connectivity index (χ3n) is 5.67. The van der Waals surface area contributed by atoms with Gasteiger partial charge in [-0.15, -0.1) is 0 Å². The van der Waals surface area contributed by atoms with E-state index in [9.17, 15) is 0 Å². The molecule has 2 aliphatic heterocycles. The summed E-state index contributed by atoms with van der Waals surface area (Å²) < 4.78 is 12.1. The van der Waals surface area contributed by atoms with E-state index in [0.29, 0.717) is 24.0 Å². The molecule has 0 aromatic carbocycles. The normalized spacial score (nSPS) is 33.4. The van der Waals surface area contributed by atoms with Gasteiger partial charge in [-0.1, -0.05) is 58.4 Å². The third-order valence-corrected chi connectivity index (χ3v) is 5.67. The minimum atomic E-state index is 0.193. The zero-order valence-corrected chi connectivity index (χ0v) is 17.2. The van der Waals surface area contributed by atoms with Crippen LogP contribution in [0.4, 0.5) is 0 Å². The van der Waals surface area contributed by atoms with Crippen LogP contribution in [0.5, 0.6) is 0 Å². The smallest absolute Gasteiger partial charge is 0.0847 e. The van der Waals surface area contributed by atoms with Gasteiger partial charge in [0, 0.05) is 12.1 Å². The number of hydrogen-bond acceptors (Lipinski definition) is 3. The highest BCUT2D eigenvalue weighted by Crippen LogP contribution is 2.33. The van der Waals surface area contributed by atoms with Gasteiger partial charge in [0.05, 0.1) is 24.4 Å². The predicted octanol–water partition coefficient (Wildman–Crippen LogP) is 5.52. The van der Waals surface area contributed by atoms with Crippen LogP contribution in [-0.2, 0) is 9.47 Å². The third kappa shape index (κ3) is 6.92. The van der Waals surface area contributed by atoms with E-state index in [4.69, 9.17) is 15.2 Å². The van der Waals surface area contributed by atoms with Crippen LogP contribution in [0.1, 0.15) is 72.6 Å². The molecule has 0 aliphatic carbocycles. The molecule has 26 heavy (non-hydrogen) atoms. The number of allylic oxidation sites excluding steroid dienone is 3. The summed E-state index contributed by atoms with van der Waals surface area (Å²) in [6.45, 7) is 12.8. The molecule has 3 nitrogen and oxygen atoms in total. The van der Waals surface area contributed by atoms with Crippen LogP contribution < -0.4 is 5.73 Å². The fourth-order valence-corrected chi connectivity index (χ4v) is 3.99. The Balaban J connectivity index is 1.78. The van der Waals surface area contributed by atoms with Crippen molar-refractivity contribution in [2.24, 2.45) is 17.6 Å². The van der Waals surface area contributed by atoms with E-state index >= 15 is 0 Å². The van der Waals surface area contributed by atoms with Gasteiger partial charge < -0.3 is 15.2 Å². The maximum Gasteiger partial charge on any atom is 0.0847 e. The molecule has 2 heterocycles. The molecule has 6 atom stereocenters. The first kappa shape index (κ1) is 21.2. The fourth-order valence-electron chi connectivity index (χ4n) is 3.99. The number of nitrogens with two attached hydrogens (primary N) is 1. The molecule has 3 heteroatoms. The van der Waals surface area contributed by atoms with E-state index in [0.717, 1.165) is 25.0 Å². The van der Waals surface area contributed by atoms with Crippen LogP contribution >= 0.6 is 0 Å². The first-order chi connectivity index (χ1) is 12.4. The molecule has 2 rings (SSSR count). The topological polar surface area (TPSA) is 47.8 Å². The van der Waals surface area contributed by atoms with E-state index < -0.39 is 0 Å². The molecule has 0 unspecified atom stereocenters. The fraction of sp³-hybridized carbons (Fsp3) is 0.739. The maximum atomic E-state index is 6.29. The lowest BCUT2D eigenvalue weighted by atomic mass is 9.88. The number of ether oxygens (including phenoxy) is 2. The summed E-state index contributed by atoms with van der Waals surface area (Å²) in [5.41, 5.74) is 7.79. The molecule has 0 bridgehead atoms. The van der Waals surface area contributed by atoms with E-state index in [-0.39, 0.29) is 12.2 Å². The minimum Gasteiger partial charge on any atom is -0.402 e. The lowest BCUT2D eigenvalue weighted by molar-refractivity contribution is -0.0585. The Morgan fingerprint density at radius 2 is 2.04 bits per heavy atom. The Kier molecular flexibility index (Phi) is 8.43. The highest BCUT2D eigenvalue weighted by molar-refractivity contribution is 5.17. The number of rotatable bonds is 10. The summed E-state index contributed by atoms with van der Waals surface area (Å²) in [6.07, 6.45) is 16.1. The molecule has 0 aromatic rings. The van der Waals surface area contributed by atoms with Gasteiger partial charge in [-0.05, 0) is 50.0 Å². The van der Waals surface area contributed by atoms with Crippen molar-refractivity contribution >= 4 is 0 Å². The van der Waals surface area contributed by atoms with Crippen molar-refractivity contribution in [1.29, 1.82) is 0 Å². The highest BCUT2D eigenvalue weighted by atomic mass is 16.6. The maximum absolute atomic E-state index is 6.29. The second-order valence-electron chi connectivity index (χ2n) is 8.46. The SMILES string of the molecule is C=C(N)C[C@H]1CC[C@H](C)[C@@H](/C(C)=C/C=C/[C@@H](C)C[C@H]2O[C@@H]2CCCC)O1. The van der Waals surface area contributed by atoms with Crippen molar-refractivity contribution in [3.63, 3.8) is 0 Å². The van der Waals surface area contributed by atoms with Crippen LogP contribution in [0.15, 0.2) is 36.1 Å². The molecule has 0 spiro atoms. The largest absolute Gasteiger partial charge is 0.402 e. The average molecular weight is 362 g/mol. The molecule has 2 fully saturated rings. The van der Waals surface area contributed by atoms with Gasteiger partial charge in [0.25, 0.3) is 0 Å². The Labute approximate surface area is 160 Å². The Hall–Kier alpha value is -1.06. The molecule has 0 saturated carbocycles. The Bertz CT molecular complexity index is 510. The molecule has 2 aliphatic rings. The minimum absolute atomic E-state index is 0.193. The molecule has 2 saturated heterocycles. The van der Waals surface area contributed by atoms with Crippen LogP contribution in [-0.4, -0.2) is 24.4 Å². The van der Waals surface area contributed by atoms with Crippen molar-refractivity contribution < 1.29 is 9.47 Å². The van der Waals surface area contributed by atoms with Crippen molar-refractivity contribution in [2.45, 2.75) is 97.1 Å². The average Bonchev–Trinajstić information content (AvgIpc) is 3.31. The van der Waals surface area contributed by atoms with Gasteiger partial charge in [-0.2, -0.15) is 0 Å². The van der Waals surface area contributed by atoms with E-state index in [2.05, 4.69) is 52.5 Å². The molecule has 148 valence electrons. The molecular formula is C23H39NO2. The summed E-state index contributed by atoms with van der Waals surface area (Å²) in [5, 5.41) is 0. The van der Waals surface area contributed by atoms with Gasteiger partial charge >= 0.3 is 0 Å². The summed E-state index contributed by atoms with van der Waals surface area (Å²) in [4.78, 5) is 0. The number of unbranched alkanes of at least 4 members (excludes halogenated alkanes) is 1. The van der Waals surface area contributed by atoms with Gasteiger partial charge in [0.2, 0.25) is 0 Å². The van der Waals surface area contributed by atoms with Crippen LogP contribution in [0.3, 0.4) is 0 Å². The van der Waals surface area contributed by atoms with Gasteiger partial charge in [0.1, 0.15) is 0 Å². The molecule has 0 aromatic heterocycles. The van der Waals surface area contributed by atoms with Crippen molar-refractivity contribution in [2.75, 3.05) is 0 Å².